The van der Waals surface area contributed by atoms with Gasteiger partial charge in [0, 0.05) is 12.5 Å². The lowest BCUT2D eigenvalue weighted by Gasteiger charge is -2.17. The van der Waals surface area contributed by atoms with Crippen molar-refractivity contribution in [2.75, 3.05) is 0 Å². The van der Waals surface area contributed by atoms with E-state index in [0.717, 1.165) is 23.5 Å². The number of ether oxygens (including phenoxy) is 2. The molecule has 0 radical (unpaired) electrons. The molecule has 132 valence electrons. The van der Waals surface area contributed by atoms with Gasteiger partial charge in [0.15, 0.2) is 5.05 Å². The van der Waals surface area contributed by atoms with E-state index >= 15 is 0 Å². The van der Waals surface area contributed by atoms with Crippen molar-refractivity contribution in [1.29, 1.82) is 0 Å². The molecule has 2 aromatic carbocycles. The van der Waals surface area contributed by atoms with Gasteiger partial charge in [-0.2, -0.15) is 0 Å². The van der Waals surface area contributed by atoms with E-state index in [1.165, 1.54) is 35.1 Å². The highest BCUT2D eigenvalue weighted by atomic mass is 32.1. The van der Waals surface area contributed by atoms with Crippen LogP contribution in [-0.4, -0.2) is 5.05 Å². The fourth-order valence-electron chi connectivity index (χ4n) is 3.30. The lowest BCUT2D eigenvalue weighted by atomic mass is 10.0. The first-order chi connectivity index (χ1) is 12.0. The van der Waals surface area contributed by atoms with E-state index in [2.05, 4.69) is 45.0 Å². The molecule has 1 aliphatic rings. The predicted molar refractivity (Wildman–Crippen MR) is 107 cm³/mol. The Balaban J connectivity index is 1.87. The minimum atomic E-state index is 0.510. The average Bonchev–Trinajstić information content (AvgIpc) is 3.40. The van der Waals surface area contributed by atoms with Crippen LogP contribution < -0.4 is 9.47 Å². The summed E-state index contributed by atoms with van der Waals surface area (Å²) < 4.78 is 12.0. The fraction of sp³-hybridized carbons (Fsp3) is 0.409. The maximum Gasteiger partial charge on any atom is 0.164 e. The highest BCUT2D eigenvalue weighted by molar-refractivity contribution is 7.80. The molecule has 1 aliphatic carbocycles. The summed E-state index contributed by atoms with van der Waals surface area (Å²) in [5.41, 5.74) is 6.31. The van der Waals surface area contributed by atoms with Crippen molar-refractivity contribution in [3.05, 3.63) is 58.1 Å². The zero-order valence-electron chi connectivity index (χ0n) is 15.5. The fourth-order valence-corrected chi connectivity index (χ4v) is 3.39. The van der Waals surface area contributed by atoms with E-state index in [1.54, 1.807) is 6.92 Å². The van der Waals surface area contributed by atoms with E-state index in [9.17, 15) is 0 Å². The van der Waals surface area contributed by atoms with Gasteiger partial charge in [-0.25, -0.2) is 0 Å². The summed E-state index contributed by atoms with van der Waals surface area (Å²) in [6.07, 6.45) is 3.54. The highest BCUT2D eigenvalue weighted by Gasteiger charge is 2.28. The van der Waals surface area contributed by atoms with Gasteiger partial charge in [-0.3, -0.25) is 0 Å². The molecule has 25 heavy (non-hydrogen) atoms. The minimum absolute atomic E-state index is 0.510. The lowest BCUT2D eigenvalue weighted by Crippen LogP contribution is -2.07. The van der Waals surface area contributed by atoms with Gasteiger partial charge in [0.05, 0.1) is 0 Å². The summed E-state index contributed by atoms with van der Waals surface area (Å²) in [5.74, 6) is 2.42. The first kappa shape index (κ1) is 17.9. The van der Waals surface area contributed by atoms with Crippen LogP contribution in [0.1, 0.15) is 60.4 Å². The van der Waals surface area contributed by atoms with Crippen LogP contribution in [0.15, 0.2) is 30.3 Å². The Labute approximate surface area is 156 Å². The molecule has 0 amide bonds. The summed E-state index contributed by atoms with van der Waals surface area (Å²) in [6.45, 7) is 8.76. The van der Waals surface area contributed by atoms with Crippen LogP contribution in [-0.2, 0) is 13.0 Å². The predicted octanol–water partition coefficient (Wildman–Crippen LogP) is 6.05. The van der Waals surface area contributed by atoms with E-state index in [4.69, 9.17) is 21.7 Å². The summed E-state index contributed by atoms with van der Waals surface area (Å²) in [6, 6.07) is 10.6. The number of rotatable bonds is 6. The standard InChI is InChI=1S/C22H26O2S/c1-5-17-11-15(3)22(12-14(17)2)23-13-20-19(18-9-10-18)7-6-8-21(20)24-16(4)25/h6-8,11-12,18H,5,9-10,13H2,1-4H3. The quantitative estimate of drug-likeness (QED) is 0.588. The molecule has 0 heterocycles. The van der Waals surface area contributed by atoms with Gasteiger partial charge in [0.25, 0.3) is 0 Å². The Kier molecular flexibility index (Phi) is 5.43. The molecule has 1 fully saturated rings. The van der Waals surface area contributed by atoms with Gasteiger partial charge in [-0.05, 0) is 85.6 Å². The average molecular weight is 355 g/mol. The molecule has 0 bridgehead atoms. The van der Waals surface area contributed by atoms with Crippen LogP contribution in [0.25, 0.3) is 0 Å². The van der Waals surface area contributed by atoms with Gasteiger partial charge < -0.3 is 9.47 Å². The van der Waals surface area contributed by atoms with Crippen LogP contribution in [0.5, 0.6) is 11.5 Å². The zero-order valence-corrected chi connectivity index (χ0v) is 16.3. The number of thiocarbonyl (C=S) groups is 1. The number of benzene rings is 2. The van der Waals surface area contributed by atoms with Crippen molar-refractivity contribution in [2.24, 2.45) is 0 Å². The molecule has 0 unspecified atom stereocenters. The summed E-state index contributed by atoms with van der Waals surface area (Å²) in [7, 11) is 0. The number of hydrogen-bond acceptors (Lipinski definition) is 3. The topological polar surface area (TPSA) is 18.5 Å². The van der Waals surface area contributed by atoms with E-state index in [0.29, 0.717) is 17.6 Å². The van der Waals surface area contributed by atoms with Crippen LogP contribution in [0.4, 0.5) is 0 Å². The molecule has 1 saturated carbocycles. The molecule has 0 N–H and O–H groups in total. The Hall–Kier alpha value is -1.87. The maximum atomic E-state index is 6.22. The van der Waals surface area contributed by atoms with Crippen LogP contribution >= 0.6 is 12.2 Å². The molecule has 0 aromatic heterocycles. The number of hydrogen-bond donors (Lipinski definition) is 0. The second-order valence-electron chi connectivity index (χ2n) is 6.88. The SMILES string of the molecule is CCc1cc(C)c(OCc2c(OC(C)=S)cccc2C2CC2)cc1C. The minimum Gasteiger partial charge on any atom is -0.488 e. The molecule has 0 aliphatic heterocycles. The Morgan fingerprint density at radius 3 is 2.52 bits per heavy atom. The Bertz CT molecular complexity index is 791. The molecule has 3 rings (SSSR count). The largest absolute Gasteiger partial charge is 0.488 e. The third-order valence-corrected chi connectivity index (χ3v) is 4.91. The van der Waals surface area contributed by atoms with E-state index < -0.39 is 0 Å². The first-order valence-electron chi connectivity index (χ1n) is 9.02. The van der Waals surface area contributed by atoms with Gasteiger partial charge in [-0.15, -0.1) is 0 Å². The number of aryl methyl sites for hydroxylation is 3. The van der Waals surface area contributed by atoms with Crippen LogP contribution in [0, 0.1) is 13.8 Å². The first-order valence-corrected chi connectivity index (χ1v) is 9.43. The van der Waals surface area contributed by atoms with Crippen molar-refractivity contribution >= 4 is 17.3 Å². The van der Waals surface area contributed by atoms with Crippen molar-refractivity contribution in [3.63, 3.8) is 0 Å². The van der Waals surface area contributed by atoms with E-state index in [-0.39, 0.29) is 0 Å². The summed E-state index contributed by atoms with van der Waals surface area (Å²) >= 11 is 5.14. The zero-order chi connectivity index (χ0) is 18.0. The van der Waals surface area contributed by atoms with Crippen molar-refractivity contribution in [3.8, 4) is 11.5 Å². The molecule has 2 nitrogen and oxygen atoms in total. The monoisotopic (exact) mass is 354 g/mol. The second kappa shape index (κ2) is 7.57. The second-order valence-corrected chi connectivity index (χ2v) is 7.45. The molecule has 0 spiro atoms. The molecular formula is C22H26O2S. The molecule has 0 saturated heterocycles. The van der Waals surface area contributed by atoms with Crippen LogP contribution in [0.2, 0.25) is 0 Å². The van der Waals surface area contributed by atoms with Crippen molar-refractivity contribution in [2.45, 2.75) is 59.5 Å². The van der Waals surface area contributed by atoms with Crippen molar-refractivity contribution < 1.29 is 9.47 Å². The summed E-state index contributed by atoms with van der Waals surface area (Å²) in [4.78, 5) is 0. The highest BCUT2D eigenvalue weighted by Crippen LogP contribution is 2.44. The van der Waals surface area contributed by atoms with Crippen LogP contribution in [0.3, 0.4) is 0 Å². The molecule has 0 atom stereocenters. The smallest absolute Gasteiger partial charge is 0.164 e. The normalized spacial score (nSPS) is 13.6. The summed E-state index contributed by atoms with van der Waals surface area (Å²) in [5, 5.41) is 0.536. The van der Waals surface area contributed by atoms with Gasteiger partial charge in [-0.1, -0.05) is 25.1 Å². The molecule has 3 heteroatoms. The Morgan fingerprint density at radius 2 is 1.88 bits per heavy atom. The maximum absolute atomic E-state index is 6.22. The molecule has 2 aromatic rings. The van der Waals surface area contributed by atoms with Gasteiger partial charge in [0.1, 0.15) is 18.1 Å². The van der Waals surface area contributed by atoms with E-state index in [1.807, 2.05) is 6.07 Å². The molecular weight excluding hydrogens is 328 g/mol. The van der Waals surface area contributed by atoms with Crippen molar-refractivity contribution in [1.82, 2.24) is 0 Å². The van der Waals surface area contributed by atoms with Gasteiger partial charge >= 0.3 is 0 Å². The van der Waals surface area contributed by atoms with Gasteiger partial charge in [0.2, 0.25) is 0 Å². The lowest BCUT2D eigenvalue weighted by molar-refractivity contribution is 0.298. The third kappa shape index (κ3) is 4.21. The third-order valence-electron chi connectivity index (χ3n) is 4.83. The Morgan fingerprint density at radius 1 is 1.12 bits per heavy atom.